The van der Waals surface area contributed by atoms with Crippen LogP contribution in [-0.4, -0.2) is 35.5 Å². The third kappa shape index (κ3) is 4.03. The molecule has 0 aliphatic rings. The maximum Gasteiger partial charge on any atom is 0.344 e. The Kier molecular flexibility index (Phi) is 5.61. The van der Waals surface area contributed by atoms with E-state index in [1.165, 1.54) is 5.94 Å². The molecule has 0 heterocycles. The van der Waals surface area contributed by atoms with Gasteiger partial charge in [-0.2, -0.15) is 0 Å². The van der Waals surface area contributed by atoms with E-state index in [4.69, 9.17) is 16.6 Å². The van der Waals surface area contributed by atoms with E-state index in [2.05, 4.69) is 5.32 Å². The van der Waals surface area contributed by atoms with Crippen LogP contribution in [-0.2, 0) is 16.1 Å². The zero-order valence-corrected chi connectivity index (χ0v) is 10.6. The molecule has 0 radical (unpaired) electrons. The molecule has 7 heteroatoms. The van der Waals surface area contributed by atoms with Gasteiger partial charge in [0.05, 0.1) is 6.04 Å². The van der Waals surface area contributed by atoms with Gasteiger partial charge in [-0.3, -0.25) is 4.79 Å². The molecule has 1 atom stereocenters. The summed E-state index contributed by atoms with van der Waals surface area (Å²) < 4.78 is 0. The van der Waals surface area contributed by atoms with Crippen LogP contribution in [0.4, 0.5) is 0 Å². The van der Waals surface area contributed by atoms with Crippen LogP contribution in [0.3, 0.4) is 0 Å². The third-order valence-electron chi connectivity index (χ3n) is 2.65. The normalized spacial score (nSPS) is 11.3. The molecule has 0 spiro atoms. The van der Waals surface area contributed by atoms with Crippen LogP contribution in [0.5, 0.6) is 0 Å². The maximum atomic E-state index is 11.8. The Bertz CT molecular complexity index is 547. The van der Waals surface area contributed by atoms with Crippen LogP contribution in [0.2, 0.25) is 0 Å². The molecule has 0 bridgehead atoms. The number of rotatable bonds is 6. The van der Waals surface area contributed by atoms with Gasteiger partial charge in [-0.25, -0.2) is 9.59 Å². The van der Waals surface area contributed by atoms with E-state index in [0.717, 1.165) is 5.56 Å². The topological polar surface area (TPSA) is 136 Å². The fourth-order valence-electron chi connectivity index (χ4n) is 1.48. The van der Waals surface area contributed by atoms with E-state index in [1.54, 1.807) is 24.3 Å². The highest BCUT2D eigenvalue weighted by Crippen LogP contribution is 2.04. The lowest BCUT2D eigenvalue weighted by Gasteiger charge is -2.11. The third-order valence-corrected chi connectivity index (χ3v) is 2.65. The molecular formula is C13H15N3O4. The van der Waals surface area contributed by atoms with Gasteiger partial charge in [-0.05, 0) is 17.7 Å². The first kappa shape index (κ1) is 15.6. The molecule has 6 N–H and O–H groups in total. The zero-order valence-electron chi connectivity index (χ0n) is 10.6. The number of carboxylic acid groups (broad SMARTS) is 1. The van der Waals surface area contributed by atoms with E-state index >= 15 is 0 Å². The van der Waals surface area contributed by atoms with Crippen LogP contribution in [0, 0.1) is 0 Å². The van der Waals surface area contributed by atoms with E-state index in [0.29, 0.717) is 12.1 Å². The van der Waals surface area contributed by atoms with Crippen molar-refractivity contribution in [3.05, 3.63) is 41.0 Å². The van der Waals surface area contributed by atoms with Crippen molar-refractivity contribution in [2.24, 2.45) is 11.5 Å². The van der Waals surface area contributed by atoms with Gasteiger partial charge in [-0.1, -0.05) is 12.1 Å². The summed E-state index contributed by atoms with van der Waals surface area (Å²) in [7, 11) is 0. The highest BCUT2D eigenvalue weighted by molar-refractivity contribution is 5.97. The summed E-state index contributed by atoms with van der Waals surface area (Å²) in [6.07, 6.45) is 0. The molecule has 0 fully saturated rings. The van der Waals surface area contributed by atoms with Crippen molar-refractivity contribution in [1.29, 1.82) is 0 Å². The summed E-state index contributed by atoms with van der Waals surface area (Å²) >= 11 is 0. The molecule has 1 unspecified atom stereocenters. The van der Waals surface area contributed by atoms with Crippen LogP contribution < -0.4 is 16.8 Å². The Morgan fingerprint density at radius 3 is 2.35 bits per heavy atom. The quantitative estimate of drug-likeness (QED) is 0.391. The van der Waals surface area contributed by atoms with Crippen LogP contribution in [0.25, 0.3) is 0 Å². The minimum Gasteiger partial charge on any atom is -0.477 e. The molecule has 7 nitrogen and oxygen atoms in total. The van der Waals surface area contributed by atoms with Crippen LogP contribution in [0.1, 0.15) is 15.9 Å². The van der Waals surface area contributed by atoms with Gasteiger partial charge in [0.1, 0.15) is 11.5 Å². The van der Waals surface area contributed by atoms with Gasteiger partial charge in [0.15, 0.2) is 0 Å². The summed E-state index contributed by atoms with van der Waals surface area (Å²) in [4.78, 5) is 32.9. The number of nitrogens with one attached hydrogen (secondary N) is 1. The second kappa shape index (κ2) is 7.20. The first-order valence-corrected chi connectivity index (χ1v) is 5.80. The predicted molar refractivity (Wildman–Crippen MR) is 71.5 cm³/mol. The van der Waals surface area contributed by atoms with Gasteiger partial charge in [0.25, 0.3) is 5.91 Å². The summed E-state index contributed by atoms with van der Waals surface area (Å²) in [5, 5.41) is 11.1. The lowest BCUT2D eigenvalue weighted by Crippen LogP contribution is -2.40. The Morgan fingerprint density at radius 1 is 1.30 bits per heavy atom. The molecule has 0 aliphatic heterocycles. The Labute approximate surface area is 115 Å². The van der Waals surface area contributed by atoms with Crippen molar-refractivity contribution in [3.8, 4) is 0 Å². The molecule has 1 rings (SSSR count). The lowest BCUT2D eigenvalue weighted by atomic mass is 10.1. The second-order valence-corrected chi connectivity index (χ2v) is 4.04. The molecule has 0 saturated heterocycles. The van der Waals surface area contributed by atoms with Crippen molar-refractivity contribution >= 4 is 17.8 Å². The first-order valence-electron chi connectivity index (χ1n) is 5.80. The monoisotopic (exact) mass is 277 g/mol. The SMILES string of the molecule is NCc1ccc(C(=O)NCC(N)C(=C=O)C(=O)O)cc1. The summed E-state index contributed by atoms with van der Waals surface area (Å²) in [6, 6.07) is 5.50. The van der Waals surface area contributed by atoms with E-state index < -0.39 is 23.5 Å². The summed E-state index contributed by atoms with van der Waals surface area (Å²) in [6.45, 7) is 0.202. The lowest BCUT2D eigenvalue weighted by molar-refractivity contribution is -0.132. The first-order chi connectivity index (χ1) is 9.49. The number of carbonyl (C=O) groups excluding carboxylic acids is 2. The van der Waals surface area contributed by atoms with E-state index in [1.807, 2.05) is 0 Å². The molecule has 106 valence electrons. The zero-order chi connectivity index (χ0) is 15.1. The predicted octanol–water partition coefficient (Wildman–Crippen LogP) is -0.955. The number of aliphatic carboxylic acids is 1. The van der Waals surface area contributed by atoms with Crippen LogP contribution >= 0.6 is 0 Å². The smallest absolute Gasteiger partial charge is 0.344 e. The average molecular weight is 277 g/mol. The molecule has 0 aromatic heterocycles. The number of nitrogens with two attached hydrogens (primary N) is 2. The molecule has 0 aliphatic carbocycles. The standard InChI is InChI=1S/C13H15N3O4/c14-5-8-1-3-9(4-2-8)12(18)16-6-11(15)10(7-17)13(19)20/h1-4,11H,5-6,14-15H2,(H,16,18)(H,19,20). The molecular weight excluding hydrogens is 262 g/mol. The number of hydrogen-bond donors (Lipinski definition) is 4. The van der Waals surface area contributed by atoms with Crippen molar-refractivity contribution in [3.63, 3.8) is 0 Å². The second-order valence-electron chi connectivity index (χ2n) is 4.04. The largest absolute Gasteiger partial charge is 0.477 e. The van der Waals surface area contributed by atoms with Crippen molar-refractivity contribution in [1.82, 2.24) is 5.32 Å². The van der Waals surface area contributed by atoms with Crippen LogP contribution in [0.15, 0.2) is 29.8 Å². The maximum absolute atomic E-state index is 11.8. The molecule has 0 saturated carbocycles. The Hall–Kier alpha value is -2.47. The van der Waals surface area contributed by atoms with E-state index in [-0.39, 0.29) is 6.54 Å². The fraction of sp³-hybridized carbons (Fsp3) is 0.231. The Morgan fingerprint density at radius 2 is 1.90 bits per heavy atom. The van der Waals surface area contributed by atoms with Gasteiger partial charge in [0.2, 0.25) is 0 Å². The summed E-state index contributed by atoms with van der Waals surface area (Å²) in [5.41, 5.74) is 11.6. The number of carbonyl (C=O) groups is 2. The number of carboxylic acids is 1. The molecule has 1 aromatic rings. The number of hydrogen-bond acceptors (Lipinski definition) is 5. The Balaban J connectivity index is 2.62. The van der Waals surface area contributed by atoms with Gasteiger partial charge >= 0.3 is 5.97 Å². The highest BCUT2D eigenvalue weighted by Gasteiger charge is 2.19. The molecule has 1 amide bonds. The van der Waals surface area contributed by atoms with Gasteiger partial charge in [-0.15, -0.1) is 0 Å². The average Bonchev–Trinajstić information content (AvgIpc) is 2.45. The van der Waals surface area contributed by atoms with Crippen molar-refractivity contribution < 1.29 is 19.5 Å². The van der Waals surface area contributed by atoms with Gasteiger partial charge in [0, 0.05) is 18.7 Å². The van der Waals surface area contributed by atoms with Crippen molar-refractivity contribution in [2.75, 3.05) is 6.54 Å². The van der Waals surface area contributed by atoms with E-state index in [9.17, 15) is 14.4 Å². The fourth-order valence-corrected chi connectivity index (χ4v) is 1.48. The van der Waals surface area contributed by atoms with Gasteiger partial charge < -0.3 is 21.9 Å². The minimum atomic E-state index is -1.45. The summed E-state index contributed by atoms with van der Waals surface area (Å²) in [5.74, 6) is -0.610. The number of amides is 1. The molecule has 20 heavy (non-hydrogen) atoms. The minimum absolute atomic E-state index is 0.172. The number of benzene rings is 1. The highest BCUT2D eigenvalue weighted by atomic mass is 16.4. The van der Waals surface area contributed by atoms with Crippen molar-refractivity contribution in [2.45, 2.75) is 12.6 Å². The molecule has 1 aromatic carbocycles.